The van der Waals surface area contributed by atoms with Gasteiger partial charge in [-0.1, -0.05) is 26.0 Å². The zero-order valence-corrected chi connectivity index (χ0v) is 20.0. The Morgan fingerprint density at radius 2 is 1.67 bits per heavy atom. The topological polar surface area (TPSA) is 117 Å². The van der Waals surface area contributed by atoms with Crippen LogP contribution in [0.4, 0.5) is 11.4 Å². The molecule has 2 N–H and O–H groups in total. The van der Waals surface area contributed by atoms with Crippen molar-refractivity contribution in [3.8, 4) is 0 Å². The van der Waals surface area contributed by atoms with Crippen LogP contribution in [0.1, 0.15) is 26.3 Å². The van der Waals surface area contributed by atoms with Crippen molar-refractivity contribution in [2.75, 3.05) is 24.3 Å². The molecule has 0 saturated carbocycles. The highest BCUT2D eigenvalue weighted by molar-refractivity contribution is 7.90. The summed E-state index contributed by atoms with van der Waals surface area (Å²) < 4.78 is 32.4. The molecule has 1 aliphatic heterocycles. The Morgan fingerprint density at radius 3 is 2.27 bits per heavy atom. The van der Waals surface area contributed by atoms with E-state index in [1.54, 1.807) is 44.2 Å². The molecule has 2 atom stereocenters. The normalized spacial score (nSPS) is 17.1. The van der Waals surface area contributed by atoms with Crippen LogP contribution in [-0.4, -0.2) is 52.4 Å². The van der Waals surface area contributed by atoms with Gasteiger partial charge in [0.25, 0.3) is 15.9 Å². The van der Waals surface area contributed by atoms with Crippen molar-refractivity contribution in [3.05, 3.63) is 54.1 Å². The summed E-state index contributed by atoms with van der Waals surface area (Å²) in [5.41, 5.74) is 1.95. The Bertz CT molecular complexity index is 1170. The van der Waals surface area contributed by atoms with Crippen LogP contribution < -0.4 is 14.9 Å². The second-order valence-electron chi connectivity index (χ2n) is 8.28. The van der Waals surface area contributed by atoms with Crippen LogP contribution in [0.25, 0.3) is 0 Å². The molecule has 0 bridgehead atoms. The van der Waals surface area contributed by atoms with Crippen LogP contribution in [0.5, 0.6) is 0 Å². The van der Waals surface area contributed by atoms with Gasteiger partial charge in [0.1, 0.15) is 5.84 Å². The van der Waals surface area contributed by atoms with E-state index in [2.05, 4.69) is 15.0 Å². The van der Waals surface area contributed by atoms with Crippen molar-refractivity contribution in [1.82, 2.24) is 4.72 Å². The maximum atomic E-state index is 12.8. The molecule has 0 aliphatic carbocycles. The quantitative estimate of drug-likeness (QED) is 0.598. The van der Waals surface area contributed by atoms with Crippen molar-refractivity contribution < 1.29 is 22.7 Å². The lowest BCUT2D eigenvalue weighted by atomic mass is 10.0. The highest BCUT2D eigenvalue weighted by Gasteiger charge is 2.34. The highest BCUT2D eigenvalue weighted by Crippen LogP contribution is 2.24. The number of hydrogen-bond donors (Lipinski definition) is 2. The first-order valence-electron chi connectivity index (χ1n) is 10.5. The van der Waals surface area contributed by atoms with E-state index >= 15 is 0 Å². The van der Waals surface area contributed by atoms with Gasteiger partial charge in [-0.05, 0) is 49.2 Å². The van der Waals surface area contributed by atoms with Gasteiger partial charge in [-0.3, -0.25) is 14.5 Å². The lowest BCUT2D eigenvalue weighted by Crippen LogP contribution is -2.37. The minimum Gasteiger partial charge on any atom is -0.451 e. The Kier molecular flexibility index (Phi) is 7.06. The summed E-state index contributed by atoms with van der Waals surface area (Å²) in [4.78, 5) is 31.8. The number of amides is 1. The third kappa shape index (κ3) is 5.51. The molecule has 1 heterocycles. The van der Waals surface area contributed by atoms with Crippen molar-refractivity contribution in [2.24, 2.45) is 10.9 Å². The van der Waals surface area contributed by atoms with E-state index in [0.29, 0.717) is 11.3 Å². The van der Waals surface area contributed by atoms with Crippen molar-refractivity contribution in [2.45, 2.75) is 37.8 Å². The molecule has 33 heavy (non-hydrogen) atoms. The number of nitrogens with one attached hydrogen (secondary N) is 2. The molecule has 2 aromatic carbocycles. The number of carbonyl (C=O) groups excluding carboxylic acids is 2. The molecule has 0 unspecified atom stereocenters. The van der Waals surface area contributed by atoms with E-state index in [1.165, 1.54) is 13.0 Å². The zero-order chi connectivity index (χ0) is 24.3. The molecule has 0 radical (unpaired) electrons. The molecule has 9 nitrogen and oxygen atoms in total. The number of anilines is 2. The van der Waals surface area contributed by atoms with Gasteiger partial charge in [0.15, 0.2) is 12.1 Å². The van der Waals surface area contributed by atoms with Crippen LogP contribution >= 0.6 is 0 Å². The molecule has 1 aliphatic rings. The number of hydrogen-bond acceptors (Lipinski definition) is 7. The Hall–Kier alpha value is -3.40. The van der Waals surface area contributed by atoms with Crippen LogP contribution in [0.2, 0.25) is 0 Å². The van der Waals surface area contributed by atoms with E-state index in [4.69, 9.17) is 4.74 Å². The third-order valence-electron chi connectivity index (χ3n) is 5.12. The molecule has 0 fully saturated rings. The minimum absolute atomic E-state index is 0.0827. The number of nitrogens with zero attached hydrogens (tertiary/aromatic N) is 2. The summed E-state index contributed by atoms with van der Waals surface area (Å²) in [5, 5.41) is 2.72. The lowest BCUT2D eigenvalue weighted by molar-refractivity contribution is -0.155. The van der Waals surface area contributed by atoms with Crippen LogP contribution in [0, 0.1) is 5.92 Å². The molecule has 10 heteroatoms. The Labute approximate surface area is 193 Å². The standard InChI is InChI=1S/C23H28N4O5S/c1-14(2)20(25-21-18-8-6-7-9-19(18)33(30,31)26-21)23(29)32-15(3)22(28)24-16-10-12-17(13-11-16)27(4)5/h6-15,20H,1-5H3,(H,24,28)(H,25,26)/t15-,20-/m1/s1. The van der Waals surface area contributed by atoms with Crippen LogP contribution in [0.15, 0.2) is 58.4 Å². The van der Waals surface area contributed by atoms with E-state index in [9.17, 15) is 18.0 Å². The Morgan fingerprint density at radius 1 is 1.03 bits per heavy atom. The minimum atomic E-state index is -3.73. The molecule has 3 rings (SSSR count). The van der Waals surface area contributed by atoms with E-state index in [0.717, 1.165) is 5.69 Å². The monoisotopic (exact) mass is 472 g/mol. The zero-order valence-electron chi connectivity index (χ0n) is 19.2. The van der Waals surface area contributed by atoms with Crippen LogP contribution in [0.3, 0.4) is 0 Å². The summed E-state index contributed by atoms with van der Waals surface area (Å²) in [6.07, 6.45) is -1.07. The summed E-state index contributed by atoms with van der Waals surface area (Å²) >= 11 is 0. The van der Waals surface area contributed by atoms with Crippen molar-refractivity contribution >= 4 is 39.1 Å². The SMILES string of the molecule is CC(C)[C@@H](N=C1NS(=O)(=O)c2ccccc21)C(=O)O[C@H](C)C(=O)Nc1ccc(N(C)C)cc1. The van der Waals surface area contributed by atoms with Crippen molar-refractivity contribution in [3.63, 3.8) is 0 Å². The van der Waals surface area contributed by atoms with E-state index in [1.807, 2.05) is 31.1 Å². The van der Waals surface area contributed by atoms with Crippen molar-refractivity contribution in [1.29, 1.82) is 0 Å². The highest BCUT2D eigenvalue weighted by atomic mass is 32.2. The van der Waals surface area contributed by atoms with Gasteiger partial charge in [0, 0.05) is 31.0 Å². The van der Waals surface area contributed by atoms with Gasteiger partial charge in [-0.2, -0.15) is 0 Å². The van der Waals surface area contributed by atoms with E-state index in [-0.39, 0.29) is 16.6 Å². The number of ether oxygens (including phenoxy) is 1. The largest absolute Gasteiger partial charge is 0.451 e. The fourth-order valence-corrected chi connectivity index (χ4v) is 4.47. The maximum Gasteiger partial charge on any atom is 0.331 e. The second-order valence-corrected chi connectivity index (χ2v) is 9.93. The van der Waals surface area contributed by atoms with E-state index < -0.39 is 34.0 Å². The number of fused-ring (bicyclic) bond motifs is 1. The predicted molar refractivity (Wildman–Crippen MR) is 127 cm³/mol. The van der Waals surface area contributed by atoms with Crippen LogP contribution in [-0.2, 0) is 24.3 Å². The number of rotatable bonds is 7. The number of amidine groups is 1. The summed E-state index contributed by atoms with van der Waals surface area (Å²) in [6, 6.07) is 12.6. The summed E-state index contributed by atoms with van der Waals surface area (Å²) in [6.45, 7) is 5.00. The average Bonchev–Trinajstić information content (AvgIpc) is 3.02. The van der Waals surface area contributed by atoms with Gasteiger partial charge in [-0.15, -0.1) is 0 Å². The average molecular weight is 473 g/mol. The smallest absolute Gasteiger partial charge is 0.331 e. The molecule has 176 valence electrons. The number of carbonyl (C=O) groups is 2. The molecule has 0 spiro atoms. The molecular weight excluding hydrogens is 444 g/mol. The molecule has 0 aromatic heterocycles. The summed E-state index contributed by atoms with van der Waals surface area (Å²) in [5.74, 6) is -1.41. The van der Waals surface area contributed by atoms with Gasteiger partial charge in [0.2, 0.25) is 0 Å². The van der Waals surface area contributed by atoms with Gasteiger partial charge in [-0.25, -0.2) is 13.2 Å². The first-order valence-corrected chi connectivity index (χ1v) is 12.0. The van der Waals surface area contributed by atoms with Gasteiger partial charge in [0.05, 0.1) is 4.90 Å². The number of sulfonamides is 1. The number of benzene rings is 2. The molecule has 1 amide bonds. The fourth-order valence-electron chi connectivity index (χ4n) is 3.23. The van der Waals surface area contributed by atoms with Gasteiger partial charge < -0.3 is 15.0 Å². The number of esters is 1. The first-order chi connectivity index (χ1) is 15.5. The number of aliphatic imine (C=N–C) groups is 1. The molecule has 0 saturated heterocycles. The molecule has 2 aromatic rings. The Balaban J connectivity index is 1.72. The predicted octanol–water partition coefficient (Wildman–Crippen LogP) is 2.39. The summed E-state index contributed by atoms with van der Waals surface area (Å²) in [7, 11) is 0.0993. The lowest BCUT2D eigenvalue weighted by Gasteiger charge is -2.20. The van der Waals surface area contributed by atoms with Gasteiger partial charge >= 0.3 is 5.97 Å². The maximum absolute atomic E-state index is 12.8. The first kappa shape index (κ1) is 24.2. The third-order valence-corrected chi connectivity index (χ3v) is 6.51. The second kappa shape index (κ2) is 9.62. The molecular formula is C23H28N4O5S. The fraction of sp³-hybridized carbons (Fsp3) is 0.348.